The van der Waals surface area contributed by atoms with E-state index in [1.165, 1.54) is 11.8 Å². The summed E-state index contributed by atoms with van der Waals surface area (Å²) in [6.45, 7) is 6.82. The molecule has 0 aliphatic heterocycles. The fourth-order valence-electron chi connectivity index (χ4n) is 2.98. The first-order chi connectivity index (χ1) is 14.9. The third-order valence-electron chi connectivity index (χ3n) is 4.52. The molecule has 0 aliphatic rings. The lowest BCUT2D eigenvalue weighted by atomic mass is 10.2. The molecule has 0 fully saturated rings. The van der Waals surface area contributed by atoms with Gasteiger partial charge in [-0.05, 0) is 55.3 Å². The van der Waals surface area contributed by atoms with Gasteiger partial charge in [0.1, 0.15) is 5.75 Å². The molecule has 0 radical (unpaired) electrons. The summed E-state index contributed by atoms with van der Waals surface area (Å²) in [5.74, 6) is 1.75. The number of carbonyl (C=O) groups is 1. The van der Waals surface area contributed by atoms with E-state index < -0.39 is 5.25 Å². The normalized spacial score (nSPS) is 11.7. The Bertz CT molecular complexity index is 1090. The van der Waals surface area contributed by atoms with Gasteiger partial charge in [-0.15, -0.1) is 10.2 Å². The smallest absolute Gasteiger partial charge is 0.237 e. The summed E-state index contributed by atoms with van der Waals surface area (Å²) in [6.07, 6.45) is 0. The zero-order valence-corrected chi connectivity index (χ0v) is 18.8. The molecule has 0 saturated carbocycles. The summed E-state index contributed by atoms with van der Waals surface area (Å²) in [7, 11) is 1.63. The molecule has 3 rings (SSSR count). The van der Waals surface area contributed by atoms with Crippen LogP contribution in [0.15, 0.2) is 53.7 Å². The minimum absolute atomic E-state index is 0.162. The maximum Gasteiger partial charge on any atom is 0.237 e. The Hall–Kier alpha value is -3.31. The number of carbonyl (C=O) groups excluding carboxylic acids is 1. The Morgan fingerprint density at radius 2 is 1.94 bits per heavy atom. The molecule has 7 nitrogen and oxygen atoms in total. The number of nitrogens with one attached hydrogen (secondary N) is 1. The van der Waals surface area contributed by atoms with Crippen molar-refractivity contribution in [2.24, 2.45) is 5.92 Å². The lowest BCUT2D eigenvalue weighted by Crippen LogP contribution is -2.23. The van der Waals surface area contributed by atoms with Gasteiger partial charge in [0.15, 0.2) is 11.0 Å². The number of rotatable bonds is 8. The van der Waals surface area contributed by atoms with Crippen molar-refractivity contribution in [1.29, 1.82) is 5.26 Å². The number of hydrogen-bond acceptors (Lipinski definition) is 6. The number of ether oxygens (including phenoxy) is 1. The SMILES string of the molecule is COc1ccc(-c2nnc(S[C@H](C)C(=O)Nc3cccc(C#N)c3)n2CC(C)C)cc1. The fourth-order valence-corrected chi connectivity index (χ4v) is 3.84. The van der Waals surface area contributed by atoms with Crippen LogP contribution in [-0.2, 0) is 11.3 Å². The van der Waals surface area contributed by atoms with Crippen LogP contribution in [0.3, 0.4) is 0 Å². The molecule has 1 N–H and O–H groups in total. The van der Waals surface area contributed by atoms with Crippen LogP contribution >= 0.6 is 11.8 Å². The molecule has 2 aromatic carbocycles. The van der Waals surface area contributed by atoms with Crippen LogP contribution in [0.25, 0.3) is 11.4 Å². The van der Waals surface area contributed by atoms with Gasteiger partial charge in [-0.1, -0.05) is 31.7 Å². The number of thioether (sulfide) groups is 1. The van der Waals surface area contributed by atoms with E-state index in [1.54, 1.807) is 31.4 Å². The Labute approximate surface area is 186 Å². The van der Waals surface area contributed by atoms with Gasteiger partial charge < -0.3 is 14.6 Å². The highest BCUT2D eigenvalue weighted by atomic mass is 32.2. The second kappa shape index (κ2) is 10.1. The zero-order valence-electron chi connectivity index (χ0n) is 18.0. The number of anilines is 1. The highest BCUT2D eigenvalue weighted by Gasteiger charge is 2.21. The highest BCUT2D eigenvalue weighted by molar-refractivity contribution is 8.00. The predicted molar refractivity (Wildman–Crippen MR) is 122 cm³/mol. The van der Waals surface area contributed by atoms with Crippen molar-refractivity contribution in [2.45, 2.75) is 37.7 Å². The molecule has 1 aromatic heterocycles. The van der Waals surface area contributed by atoms with Crippen LogP contribution in [0.5, 0.6) is 5.75 Å². The number of hydrogen-bond donors (Lipinski definition) is 1. The molecule has 160 valence electrons. The summed E-state index contributed by atoms with van der Waals surface area (Å²) in [4.78, 5) is 12.7. The molecule has 0 unspecified atom stereocenters. The first kappa shape index (κ1) is 22.4. The van der Waals surface area contributed by atoms with E-state index in [4.69, 9.17) is 10.00 Å². The van der Waals surface area contributed by atoms with Gasteiger partial charge in [0.2, 0.25) is 5.91 Å². The minimum atomic E-state index is -0.399. The molecule has 1 amide bonds. The molecular formula is C23H25N5O2S. The van der Waals surface area contributed by atoms with E-state index in [9.17, 15) is 4.79 Å². The van der Waals surface area contributed by atoms with E-state index >= 15 is 0 Å². The van der Waals surface area contributed by atoms with Crippen LogP contribution in [0.2, 0.25) is 0 Å². The largest absolute Gasteiger partial charge is 0.497 e. The lowest BCUT2D eigenvalue weighted by Gasteiger charge is -2.15. The predicted octanol–water partition coefficient (Wildman–Crippen LogP) is 4.60. The molecule has 0 bridgehead atoms. The summed E-state index contributed by atoms with van der Waals surface area (Å²) < 4.78 is 7.29. The van der Waals surface area contributed by atoms with Crippen LogP contribution in [0.4, 0.5) is 5.69 Å². The third-order valence-corrected chi connectivity index (χ3v) is 5.60. The topological polar surface area (TPSA) is 92.8 Å². The van der Waals surface area contributed by atoms with Gasteiger partial charge in [0.25, 0.3) is 0 Å². The fraction of sp³-hybridized carbons (Fsp3) is 0.304. The quantitative estimate of drug-likeness (QED) is 0.520. The van der Waals surface area contributed by atoms with Gasteiger partial charge in [-0.2, -0.15) is 5.26 Å². The van der Waals surface area contributed by atoms with Crippen molar-refractivity contribution >= 4 is 23.4 Å². The standard InChI is InChI=1S/C23H25N5O2S/c1-15(2)14-28-21(18-8-10-20(30-4)11-9-18)26-27-23(28)31-16(3)22(29)25-19-7-5-6-17(12-19)13-24/h5-12,15-16H,14H2,1-4H3,(H,25,29)/t16-/m1/s1. The monoisotopic (exact) mass is 435 g/mol. The Morgan fingerprint density at radius 3 is 2.58 bits per heavy atom. The van der Waals surface area contributed by atoms with E-state index in [2.05, 4.69) is 40.0 Å². The minimum Gasteiger partial charge on any atom is -0.497 e. The van der Waals surface area contributed by atoms with Gasteiger partial charge in [0, 0.05) is 17.8 Å². The van der Waals surface area contributed by atoms with Gasteiger partial charge in [0.05, 0.1) is 24.0 Å². The van der Waals surface area contributed by atoms with Gasteiger partial charge in [-0.25, -0.2) is 0 Å². The number of aromatic nitrogens is 3. The molecule has 1 atom stereocenters. The van der Waals surface area contributed by atoms with Crippen molar-refractivity contribution in [3.63, 3.8) is 0 Å². The van der Waals surface area contributed by atoms with Crippen LogP contribution in [0.1, 0.15) is 26.3 Å². The third kappa shape index (κ3) is 5.64. The maximum atomic E-state index is 12.7. The Balaban J connectivity index is 1.80. The lowest BCUT2D eigenvalue weighted by molar-refractivity contribution is -0.115. The average molecular weight is 436 g/mol. The van der Waals surface area contributed by atoms with Crippen LogP contribution < -0.4 is 10.1 Å². The molecular weight excluding hydrogens is 410 g/mol. The molecule has 1 heterocycles. The number of methoxy groups -OCH3 is 1. The second-order valence-electron chi connectivity index (χ2n) is 7.48. The first-order valence-corrected chi connectivity index (χ1v) is 10.8. The summed E-state index contributed by atoms with van der Waals surface area (Å²) in [5.41, 5.74) is 2.03. The number of benzene rings is 2. The molecule has 0 saturated heterocycles. The van der Waals surface area contributed by atoms with E-state index in [0.717, 1.165) is 23.7 Å². The molecule has 3 aromatic rings. The molecule has 0 aliphatic carbocycles. The Kier molecular flexibility index (Phi) is 7.32. The van der Waals surface area contributed by atoms with Crippen molar-refractivity contribution in [3.8, 4) is 23.2 Å². The number of nitriles is 1. The molecule has 31 heavy (non-hydrogen) atoms. The van der Waals surface area contributed by atoms with E-state index in [0.29, 0.717) is 22.3 Å². The van der Waals surface area contributed by atoms with Crippen molar-refractivity contribution in [1.82, 2.24) is 14.8 Å². The Morgan fingerprint density at radius 1 is 1.19 bits per heavy atom. The van der Waals surface area contributed by atoms with Crippen LogP contribution in [0, 0.1) is 17.2 Å². The van der Waals surface area contributed by atoms with Crippen molar-refractivity contribution < 1.29 is 9.53 Å². The summed E-state index contributed by atoms with van der Waals surface area (Å²) in [6, 6.07) is 16.6. The van der Waals surface area contributed by atoms with Crippen LogP contribution in [-0.4, -0.2) is 33.0 Å². The first-order valence-electron chi connectivity index (χ1n) is 9.96. The zero-order chi connectivity index (χ0) is 22.4. The van der Waals surface area contributed by atoms with Gasteiger partial charge >= 0.3 is 0 Å². The average Bonchev–Trinajstić information content (AvgIpc) is 3.15. The summed E-state index contributed by atoms with van der Waals surface area (Å²) in [5, 5.41) is 21.0. The van der Waals surface area contributed by atoms with Gasteiger partial charge in [-0.3, -0.25) is 4.79 Å². The van der Waals surface area contributed by atoms with Crippen molar-refractivity contribution in [3.05, 3.63) is 54.1 Å². The number of nitrogens with zero attached hydrogens (tertiary/aromatic N) is 4. The van der Waals surface area contributed by atoms with E-state index in [-0.39, 0.29) is 5.91 Å². The van der Waals surface area contributed by atoms with Crippen molar-refractivity contribution in [2.75, 3.05) is 12.4 Å². The number of amides is 1. The second-order valence-corrected chi connectivity index (χ2v) is 8.79. The molecule has 8 heteroatoms. The summed E-state index contributed by atoms with van der Waals surface area (Å²) >= 11 is 1.36. The van der Waals surface area contributed by atoms with E-state index in [1.807, 2.05) is 31.2 Å². The maximum absolute atomic E-state index is 12.7. The highest BCUT2D eigenvalue weighted by Crippen LogP contribution is 2.29. The molecule has 0 spiro atoms.